The van der Waals surface area contributed by atoms with Gasteiger partial charge in [0.25, 0.3) is 0 Å². The van der Waals surface area contributed by atoms with Gasteiger partial charge in [0.2, 0.25) is 5.91 Å². The van der Waals surface area contributed by atoms with Crippen LogP contribution in [-0.2, 0) is 4.79 Å². The SMILES string of the molecule is NC(=O)CN1CC(N)CC(c2cccc(F)c2)C1. The predicted octanol–water partition coefficient (Wildman–Crippen LogP) is 0.428. The van der Waals surface area contributed by atoms with Crippen molar-refractivity contribution in [2.24, 2.45) is 11.5 Å². The molecule has 1 aromatic carbocycles. The van der Waals surface area contributed by atoms with Gasteiger partial charge in [0.05, 0.1) is 6.54 Å². The molecule has 1 amide bonds. The molecular formula is C13H18FN3O. The van der Waals surface area contributed by atoms with E-state index in [2.05, 4.69) is 0 Å². The van der Waals surface area contributed by atoms with Crippen molar-refractivity contribution in [3.8, 4) is 0 Å². The van der Waals surface area contributed by atoms with Crippen LogP contribution in [0.3, 0.4) is 0 Å². The van der Waals surface area contributed by atoms with Crippen molar-refractivity contribution in [1.29, 1.82) is 0 Å². The number of benzene rings is 1. The van der Waals surface area contributed by atoms with Gasteiger partial charge in [-0.05, 0) is 30.0 Å². The zero-order chi connectivity index (χ0) is 13.1. The Labute approximate surface area is 106 Å². The third-order valence-corrected chi connectivity index (χ3v) is 3.26. The van der Waals surface area contributed by atoms with Gasteiger partial charge in [-0.1, -0.05) is 12.1 Å². The Kier molecular flexibility index (Phi) is 3.93. The lowest BCUT2D eigenvalue weighted by atomic mass is 9.88. The van der Waals surface area contributed by atoms with E-state index in [0.29, 0.717) is 13.1 Å². The number of hydrogen-bond acceptors (Lipinski definition) is 3. The molecule has 98 valence electrons. The van der Waals surface area contributed by atoms with Crippen molar-refractivity contribution in [3.63, 3.8) is 0 Å². The summed E-state index contributed by atoms with van der Waals surface area (Å²) in [4.78, 5) is 12.9. The molecule has 1 heterocycles. The van der Waals surface area contributed by atoms with E-state index in [1.165, 1.54) is 12.1 Å². The fourth-order valence-electron chi connectivity index (χ4n) is 2.58. The van der Waals surface area contributed by atoms with Crippen LogP contribution in [0, 0.1) is 5.82 Å². The van der Waals surface area contributed by atoms with E-state index in [1.807, 2.05) is 11.0 Å². The van der Waals surface area contributed by atoms with Crippen molar-refractivity contribution in [2.75, 3.05) is 19.6 Å². The zero-order valence-electron chi connectivity index (χ0n) is 10.2. The highest BCUT2D eigenvalue weighted by Crippen LogP contribution is 2.26. The molecule has 0 aliphatic carbocycles. The molecule has 2 rings (SSSR count). The summed E-state index contributed by atoms with van der Waals surface area (Å²) in [5, 5.41) is 0. The molecule has 0 bridgehead atoms. The molecule has 0 saturated carbocycles. The Morgan fingerprint density at radius 1 is 1.44 bits per heavy atom. The number of rotatable bonds is 3. The van der Waals surface area contributed by atoms with Crippen molar-refractivity contribution in [3.05, 3.63) is 35.6 Å². The van der Waals surface area contributed by atoms with E-state index in [0.717, 1.165) is 12.0 Å². The molecule has 18 heavy (non-hydrogen) atoms. The first-order valence-corrected chi connectivity index (χ1v) is 6.06. The molecule has 0 radical (unpaired) electrons. The second-order valence-electron chi connectivity index (χ2n) is 4.91. The molecule has 0 spiro atoms. The highest BCUT2D eigenvalue weighted by Gasteiger charge is 2.26. The molecule has 1 fully saturated rings. The Morgan fingerprint density at radius 2 is 2.22 bits per heavy atom. The summed E-state index contributed by atoms with van der Waals surface area (Å²) in [5.74, 6) is -0.445. The van der Waals surface area contributed by atoms with Crippen LogP contribution in [-0.4, -0.2) is 36.5 Å². The highest BCUT2D eigenvalue weighted by atomic mass is 19.1. The highest BCUT2D eigenvalue weighted by molar-refractivity contribution is 5.75. The third kappa shape index (κ3) is 3.27. The fraction of sp³-hybridized carbons (Fsp3) is 0.462. The van der Waals surface area contributed by atoms with Crippen molar-refractivity contribution >= 4 is 5.91 Å². The Balaban J connectivity index is 2.10. The lowest BCUT2D eigenvalue weighted by Crippen LogP contribution is -2.48. The topological polar surface area (TPSA) is 72.4 Å². The van der Waals surface area contributed by atoms with Gasteiger partial charge in [-0.3, -0.25) is 9.69 Å². The quantitative estimate of drug-likeness (QED) is 0.818. The smallest absolute Gasteiger partial charge is 0.231 e. The summed E-state index contributed by atoms with van der Waals surface area (Å²) in [6.07, 6.45) is 0.804. The predicted molar refractivity (Wildman–Crippen MR) is 67.4 cm³/mol. The minimum absolute atomic E-state index is 0.00799. The Hall–Kier alpha value is -1.46. The average Bonchev–Trinajstić information content (AvgIpc) is 2.27. The number of nitrogens with two attached hydrogens (primary N) is 2. The average molecular weight is 251 g/mol. The maximum Gasteiger partial charge on any atom is 0.231 e. The lowest BCUT2D eigenvalue weighted by molar-refractivity contribution is -0.119. The van der Waals surface area contributed by atoms with Gasteiger partial charge in [0, 0.05) is 19.1 Å². The standard InChI is InChI=1S/C13H18FN3O/c14-11-3-1-2-9(4-11)10-5-12(15)7-17(6-10)8-13(16)18/h1-4,10,12H,5-8,15H2,(H2,16,18). The number of nitrogens with zero attached hydrogens (tertiary/aromatic N) is 1. The summed E-state index contributed by atoms with van der Waals surface area (Å²) in [6, 6.07) is 6.54. The normalized spacial score (nSPS) is 25.0. The lowest BCUT2D eigenvalue weighted by Gasteiger charge is -2.35. The van der Waals surface area contributed by atoms with Crippen LogP contribution in [0.4, 0.5) is 4.39 Å². The molecule has 1 aliphatic rings. The van der Waals surface area contributed by atoms with Gasteiger partial charge in [-0.2, -0.15) is 0 Å². The van der Waals surface area contributed by atoms with Gasteiger partial charge in [-0.15, -0.1) is 0 Å². The minimum atomic E-state index is -0.359. The molecular weight excluding hydrogens is 233 g/mol. The number of carbonyl (C=O) groups is 1. The Bertz CT molecular complexity index is 438. The summed E-state index contributed by atoms with van der Waals surface area (Å²) in [5.41, 5.74) is 12.1. The molecule has 4 N–H and O–H groups in total. The zero-order valence-corrected chi connectivity index (χ0v) is 10.2. The maximum absolute atomic E-state index is 13.2. The van der Waals surface area contributed by atoms with Gasteiger partial charge in [-0.25, -0.2) is 4.39 Å². The fourth-order valence-corrected chi connectivity index (χ4v) is 2.58. The van der Waals surface area contributed by atoms with E-state index in [9.17, 15) is 9.18 Å². The largest absolute Gasteiger partial charge is 0.369 e. The van der Waals surface area contributed by atoms with Crippen LogP contribution in [0.25, 0.3) is 0 Å². The maximum atomic E-state index is 13.2. The minimum Gasteiger partial charge on any atom is -0.369 e. The van der Waals surface area contributed by atoms with E-state index in [-0.39, 0.29) is 30.2 Å². The van der Waals surface area contributed by atoms with Crippen molar-refractivity contribution < 1.29 is 9.18 Å². The molecule has 2 atom stereocenters. The first kappa shape index (κ1) is 13.0. The number of carbonyl (C=O) groups excluding carboxylic acids is 1. The number of halogens is 1. The van der Waals surface area contributed by atoms with E-state index >= 15 is 0 Å². The van der Waals surface area contributed by atoms with Crippen LogP contribution < -0.4 is 11.5 Å². The van der Waals surface area contributed by atoms with Crippen LogP contribution in [0.15, 0.2) is 24.3 Å². The van der Waals surface area contributed by atoms with E-state index in [4.69, 9.17) is 11.5 Å². The number of primary amides is 1. The van der Waals surface area contributed by atoms with Gasteiger partial charge in [0.1, 0.15) is 5.82 Å². The van der Waals surface area contributed by atoms with E-state index < -0.39 is 0 Å². The second kappa shape index (κ2) is 5.46. The monoisotopic (exact) mass is 251 g/mol. The van der Waals surface area contributed by atoms with Gasteiger partial charge in [0.15, 0.2) is 0 Å². The molecule has 4 nitrogen and oxygen atoms in total. The summed E-state index contributed by atoms with van der Waals surface area (Å²) >= 11 is 0. The number of likely N-dealkylation sites (tertiary alicyclic amines) is 1. The summed E-state index contributed by atoms with van der Waals surface area (Å²) in [7, 11) is 0. The van der Waals surface area contributed by atoms with Crippen LogP contribution >= 0.6 is 0 Å². The molecule has 1 aliphatic heterocycles. The molecule has 5 heteroatoms. The molecule has 2 unspecified atom stereocenters. The van der Waals surface area contributed by atoms with Crippen molar-refractivity contribution in [2.45, 2.75) is 18.4 Å². The van der Waals surface area contributed by atoms with Crippen LogP contribution in [0.1, 0.15) is 17.9 Å². The van der Waals surface area contributed by atoms with E-state index in [1.54, 1.807) is 6.07 Å². The second-order valence-corrected chi connectivity index (χ2v) is 4.91. The van der Waals surface area contributed by atoms with Crippen LogP contribution in [0.5, 0.6) is 0 Å². The number of amides is 1. The first-order chi connectivity index (χ1) is 8.54. The Morgan fingerprint density at radius 3 is 2.89 bits per heavy atom. The molecule has 1 saturated heterocycles. The number of hydrogen-bond donors (Lipinski definition) is 2. The van der Waals surface area contributed by atoms with Crippen molar-refractivity contribution in [1.82, 2.24) is 4.90 Å². The van der Waals surface area contributed by atoms with Crippen LogP contribution in [0.2, 0.25) is 0 Å². The third-order valence-electron chi connectivity index (χ3n) is 3.26. The molecule has 0 aromatic heterocycles. The van der Waals surface area contributed by atoms with Gasteiger partial charge >= 0.3 is 0 Å². The first-order valence-electron chi connectivity index (χ1n) is 6.06. The summed E-state index contributed by atoms with van der Waals surface area (Å²) < 4.78 is 13.2. The molecule has 1 aromatic rings. The van der Waals surface area contributed by atoms with Gasteiger partial charge < -0.3 is 11.5 Å². The number of piperidine rings is 1. The summed E-state index contributed by atoms with van der Waals surface area (Å²) in [6.45, 7) is 1.56.